The standard InChI is InChI=1S/C26H41N4O5P/c1-17(2)24(27)26(33)30-23(12-19-13-28-22-11-7-6-10-21(19)22)25(32)29-14-20(31)16-36(34,35)15-18-8-4-3-5-9-18/h6-7,10-11,13,17-18,20,23-24,28,31H,3-5,8-9,12,14-16,27H2,1-2H3,(H,29,32)(H,30,33)(H,34,35)/t20-,23-,24-/m0/s1. The summed E-state index contributed by atoms with van der Waals surface area (Å²) in [4.78, 5) is 39.4. The molecule has 3 rings (SSSR count). The van der Waals surface area contributed by atoms with Gasteiger partial charge in [0.05, 0.1) is 18.3 Å². The van der Waals surface area contributed by atoms with Crippen molar-refractivity contribution >= 4 is 30.1 Å². The topological polar surface area (TPSA) is 158 Å². The van der Waals surface area contributed by atoms with Crippen LogP contribution in [0.15, 0.2) is 30.5 Å². The van der Waals surface area contributed by atoms with Gasteiger partial charge in [-0.05, 0) is 36.3 Å². The lowest BCUT2D eigenvalue weighted by atomic mass is 9.91. The predicted octanol–water partition coefficient (Wildman–Crippen LogP) is 2.51. The molecule has 0 saturated heterocycles. The van der Waals surface area contributed by atoms with Crippen molar-refractivity contribution in [2.45, 2.75) is 70.6 Å². The first-order valence-corrected chi connectivity index (χ1v) is 15.0. The van der Waals surface area contributed by atoms with Crippen LogP contribution in [0, 0.1) is 11.8 Å². The molecule has 1 fully saturated rings. The average Bonchev–Trinajstić information content (AvgIpc) is 3.24. The molecule has 1 unspecified atom stereocenters. The fourth-order valence-electron chi connectivity index (χ4n) is 4.88. The second-order valence-corrected chi connectivity index (χ2v) is 12.9. The van der Waals surface area contributed by atoms with E-state index in [4.69, 9.17) is 5.73 Å². The van der Waals surface area contributed by atoms with Gasteiger partial charge in [-0.25, -0.2) is 0 Å². The fraction of sp³-hybridized carbons (Fsp3) is 0.615. The molecule has 2 amide bonds. The van der Waals surface area contributed by atoms with Gasteiger partial charge in [0.1, 0.15) is 6.04 Å². The second-order valence-electron chi connectivity index (χ2n) is 10.5. The van der Waals surface area contributed by atoms with E-state index in [1.54, 1.807) is 0 Å². The number of nitrogens with two attached hydrogens (primary N) is 1. The van der Waals surface area contributed by atoms with E-state index in [0.717, 1.165) is 42.1 Å². The number of carbonyl (C=O) groups is 2. The highest BCUT2D eigenvalue weighted by Crippen LogP contribution is 2.45. The van der Waals surface area contributed by atoms with Gasteiger partial charge in [-0.15, -0.1) is 0 Å². The van der Waals surface area contributed by atoms with Gasteiger partial charge in [0.25, 0.3) is 0 Å². The number of benzene rings is 1. The first-order valence-electron chi connectivity index (χ1n) is 12.9. The number of fused-ring (bicyclic) bond motifs is 1. The summed E-state index contributed by atoms with van der Waals surface area (Å²) in [6, 6.07) is 5.99. The van der Waals surface area contributed by atoms with Crippen molar-refractivity contribution in [3.8, 4) is 0 Å². The largest absolute Gasteiger partial charge is 0.391 e. The highest BCUT2D eigenvalue weighted by atomic mass is 31.2. The Labute approximate surface area is 213 Å². The van der Waals surface area contributed by atoms with Crippen molar-refractivity contribution in [2.75, 3.05) is 18.9 Å². The molecule has 1 aliphatic carbocycles. The summed E-state index contributed by atoms with van der Waals surface area (Å²) in [6.07, 6.45) is 6.04. The summed E-state index contributed by atoms with van der Waals surface area (Å²) in [5.41, 5.74) is 7.77. The quantitative estimate of drug-likeness (QED) is 0.236. The smallest absolute Gasteiger partial charge is 0.243 e. The summed E-state index contributed by atoms with van der Waals surface area (Å²) in [5.74, 6) is -0.801. The Kier molecular flexibility index (Phi) is 10.1. The molecule has 0 spiro atoms. The molecule has 2 aromatic rings. The van der Waals surface area contributed by atoms with Crippen LogP contribution in [-0.2, 0) is 20.6 Å². The number of carbonyl (C=O) groups excluding carboxylic acids is 2. The summed E-state index contributed by atoms with van der Waals surface area (Å²) in [6.45, 7) is 3.48. The molecule has 1 aliphatic rings. The van der Waals surface area contributed by atoms with Gasteiger partial charge in [0, 0.05) is 36.2 Å². The first kappa shape index (κ1) is 28.4. The van der Waals surface area contributed by atoms with Gasteiger partial charge in [0.15, 0.2) is 0 Å². The van der Waals surface area contributed by atoms with Gasteiger partial charge in [-0.1, -0.05) is 51.3 Å². The van der Waals surface area contributed by atoms with E-state index < -0.39 is 37.4 Å². The molecule has 0 radical (unpaired) electrons. The number of rotatable bonds is 12. The molecule has 7 N–H and O–H groups in total. The normalized spacial score (nSPS) is 18.9. The first-order chi connectivity index (χ1) is 17.1. The van der Waals surface area contributed by atoms with Crippen molar-refractivity contribution in [1.29, 1.82) is 0 Å². The molecule has 1 heterocycles. The maximum atomic E-state index is 13.1. The number of hydrogen-bond donors (Lipinski definition) is 6. The number of aliphatic hydroxyl groups is 1. The Morgan fingerprint density at radius 2 is 1.86 bits per heavy atom. The molecular weight excluding hydrogens is 479 g/mol. The minimum atomic E-state index is -3.51. The molecule has 1 aromatic heterocycles. The average molecular weight is 521 g/mol. The molecular formula is C26H41N4O5P. The highest BCUT2D eigenvalue weighted by molar-refractivity contribution is 7.58. The van der Waals surface area contributed by atoms with E-state index in [1.165, 1.54) is 6.42 Å². The minimum Gasteiger partial charge on any atom is -0.391 e. The third-order valence-electron chi connectivity index (χ3n) is 7.03. The number of amides is 2. The summed E-state index contributed by atoms with van der Waals surface area (Å²) >= 11 is 0. The molecule has 9 nitrogen and oxygen atoms in total. The number of aromatic nitrogens is 1. The van der Waals surface area contributed by atoms with Crippen LogP contribution < -0.4 is 16.4 Å². The van der Waals surface area contributed by atoms with Crippen LogP contribution in [0.4, 0.5) is 0 Å². The number of nitrogens with one attached hydrogen (secondary N) is 3. The van der Waals surface area contributed by atoms with E-state index >= 15 is 0 Å². The Morgan fingerprint density at radius 1 is 1.17 bits per heavy atom. The SMILES string of the molecule is CC(C)[C@H](N)C(=O)N[C@@H](Cc1c[nH]c2ccccc12)C(=O)NC[C@H](O)CP(=O)(O)CC1CCCCC1. The van der Waals surface area contributed by atoms with Gasteiger partial charge in [0.2, 0.25) is 19.2 Å². The molecule has 36 heavy (non-hydrogen) atoms. The van der Waals surface area contributed by atoms with Crippen LogP contribution in [0.3, 0.4) is 0 Å². The molecule has 0 bridgehead atoms. The van der Waals surface area contributed by atoms with E-state index in [1.807, 2.05) is 44.3 Å². The second kappa shape index (κ2) is 12.9. The molecule has 10 heteroatoms. The zero-order valence-corrected chi connectivity index (χ0v) is 22.2. The lowest BCUT2D eigenvalue weighted by Gasteiger charge is -2.25. The van der Waals surface area contributed by atoms with Crippen LogP contribution in [0.25, 0.3) is 10.9 Å². The predicted molar refractivity (Wildman–Crippen MR) is 142 cm³/mol. The van der Waals surface area contributed by atoms with Crippen LogP contribution in [0.1, 0.15) is 51.5 Å². The van der Waals surface area contributed by atoms with Crippen LogP contribution in [0.2, 0.25) is 0 Å². The van der Waals surface area contributed by atoms with Crippen molar-refractivity contribution in [3.05, 3.63) is 36.0 Å². The van der Waals surface area contributed by atoms with Gasteiger partial charge in [-0.2, -0.15) is 0 Å². The Bertz CT molecular complexity index is 1070. The number of hydrogen-bond acceptors (Lipinski definition) is 5. The van der Waals surface area contributed by atoms with Crippen LogP contribution in [-0.4, -0.2) is 63.9 Å². The van der Waals surface area contributed by atoms with Crippen molar-refractivity contribution in [2.24, 2.45) is 17.6 Å². The number of aromatic amines is 1. The monoisotopic (exact) mass is 520 g/mol. The number of H-pyrrole nitrogens is 1. The fourth-order valence-corrected chi connectivity index (χ4v) is 6.99. The van der Waals surface area contributed by atoms with Crippen molar-refractivity contribution in [3.63, 3.8) is 0 Å². The van der Waals surface area contributed by atoms with E-state index in [0.29, 0.717) is 0 Å². The number of para-hydroxylation sites is 1. The minimum absolute atomic E-state index is 0.105. The summed E-state index contributed by atoms with van der Waals surface area (Å²) < 4.78 is 12.7. The van der Waals surface area contributed by atoms with Gasteiger partial charge < -0.3 is 31.4 Å². The van der Waals surface area contributed by atoms with Crippen LogP contribution >= 0.6 is 7.37 Å². The maximum Gasteiger partial charge on any atom is 0.243 e. The Balaban J connectivity index is 1.62. The Hall–Kier alpha value is -2.19. The molecule has 4 atom stereocenters. The van der Waals surface area contributed by atoms with Crippen molar-refractivity contribution < 1.29 is 24.2 Å². The molecule has 1 saturated carbocycles. The van der Waals surface area contributed by atoms with E-state index in [9.17, 15) is 24.2 Å². The molecule has 0 aliphatic heterocycles. The molecule has 1 aromatic carbocycles. The van der Waals surface area contributed by atoms with Gasteiger partial charge >= 0.3 is 0 Å². The maximum absolute atomic E-state index is 13.1. The van der Waals surface area contributed by atoms with Gasteiger partial charge in [-0.3, -0.25) is 14.2 Å². The third-order valence-corrected chi connectivity index (χ3v) is 9.11. The zero-order chi connectivity index (χ0) is 26.3. The molecule has 200 valence electrons. The zero-order valence-electron chi connectivity index (χ0n) is 21.3. The Morgan fingerprint density at radius 3 is 2.56 bits per heavy atom. The lowest BCUT2D eigenvalue weighted by molar-refractivity contribution is -0.130. The lowest BCUT2D eigenvalue weighted by Crippen LogP contribution is -2.54. The van der Waals surface area contributed by atoms with Crippen LogP contribution in [0.5, 0.6) is 0 Å². The van der Waals surface area contributed by atoms with E-state index in [-0.39, 0.29) is 37.1 Å². The third kappa shape index (κ3) is 8.17. The number of aliphatic hydroxyl groups excluding tert-OH is 1. The highest BCUT2D eigenvalue weighted by Gasteiger charge is 2.30. The van der Waals surface area contributed by atoms with Crippen molar-refractivity contribution in [1.82, 2.24) is 15.6 Å². The summed E-state index contributed by atoms with van der Waals surface area (Å²) in [7, 11) is -3.51. The summed E-state index contributed by atoms with van der Waals surface area (Å²) in [5, 5.41) is 16.8. The van der Waals surface area contributed by atoms with E-state index in [2.05, 4.69) is 15.6 Å².